The Morgan fingerprint density at radius 2 is 2.31 bits per heavy atom. The second-order valence-corrected chi connectivity index (χ2v) is 5.35. The lowest BCUT2D eigenvalue weighted by Gasteiger charge is -2.13. The summed E-state index contributed by atoms with van der Waals surface area (Å²) in [5.41, 5.74) is 2.10. The van der Waals surface area contributed by atoms with Gasteiger partial charge in [0, 0.05) is 18.6 Å². The molecule has 0 aromatic heterocycles. The van der Waals surface area contributed by atoms with Crippen LogP contribution in [0.5, 0.6) is 0 Å². The fraction of sp³-hybridized carbons (Fsp3) is 0.364. The molecule has 16 heavy (non-hydrogen) atoms. The summed E-state index contributed by atoms with van der Waals surface area (Å²) >= 11 is -1.64. The molecule has 5 heteroatoms. The molecule has 2 rings (SSSR count). The molecule has 0 aliphatic carbocycles. The van der Waals surface area contributed by atoms with Crippen molar-refractivity contribution >= 4 is 23.3 Å². The minimum atomic E-state index is -1.64. The van der Waals surface area contributed by atoms with E-state index in [1.807, 2.05) is 30.5 Å². The van der Waals surface area contributed by atoms with Gasteiger partial charge in [-0.2, -0.15) is 0 Å². The number of benzene rings is 1. The molecule has 1 aliphatic rings. The second-order valence-electron chi connectivity index (χ2n) is 3.84. The zero-order chi connectivity index (χ0) is 11.5. The van der Waals surface area contributed by atoms with Gasteiger partial charge in [0.15, 0.2) is 4.58 Å². The average molecular weight is 236 g/mol. The van der Waals surface area contributed by atoms with Crippen molar-refractivity contribution in [3.63, 3.8) is 0 Å². The second kappa shape index (κ2) is 4.76. The molecule has 4 nitrogen and oxygen atoms in total. The highest BCUT2D eigenvalue weighted by atomic mass is 32.2. The van der Waals surface area contributed by atoms with Crippen molar-refractivity contribution in [1.82, 2.24) is 0 Å². The Labute approximate surface area is 97.1 Å². The highest BCUT2D eigenvalue weighted by Crippen LogP contribution is 2.35. The zero-order valence-corrected chi connectivity index (χ0v) is 9.68. The number of rotatable bonds is 4. The SMILES string of the molecule is CC(CC1C=Nc2ccccc21)[S+]([O-])N=O. The maximum absolute atomic E-state index is 11.2. The molecule has 0 radical (unpaired) electrons. The highest BCUT2D eigenvalue weighted by molar-refractivity contribution is 7.90. The molecule has 0 amide bonds. The summed E-state index contributed by atoms with van der Waals surface area (Å²) in [5, 5.41) is -0.236. The van der Waals surface area contributed by atoms with E-state index in [2.05, 4.69) is 9.57 Å². The van der Waals surface area contributed by atoms with E-state index in [4.69, 9.17) is 0 Å². The van der Waals surface area contributed by atoms with Crippen molar-refractivity contribution in [3.05, 3.63) is 34.7 Å². The predicted octanol–water partition coefficient (Wildman–Crippen LogP) is 2.69. The van der Waals surface area contributed by atoms with E-state index in [-0.39, 0.29) is 11.2 Å². The normalized spacial score (nSPS) is 21.5. The summed E-state index contributed by atoms with van der Waals surface area (Å²) in [4.78, 5) is 14.5. The van der Waals surface area contributed by atoms with Gasteiger partial charge in [-0.05, 0) is 18.6 Å². The molecule has 3 unspecified atom stereocenters. The summed E-state index contributed by atoms with van der Waals surface area (Å²) in [7, 11) is 0. The van der Waals surface area contributed by atoms with Crippen LogP contribution in [0.1, 0.15) is 24.8 Å². The lowest BCUT2D eigenvalue weighted by atomic mass is 9.96. The smallest absolute Gasteiger partial charge is 0.168 e. The summed E-state index contributed by atoms with van der Waals surface area (Å²) in [6, 6.07) is 7.86. The minimum absolute atomic E-state index is 0.150. The Kier molecular flexibility index (Phi) is 3.36. The third kappa shape index (κ3) is 2.15. The topological polar surface area (TPSA) is 64.8 Å². The molecule has 0 bridgehead atoms. The summed E-state index contributed by atoms with van der Waals surface area (Å²) in [6.45, 7) is 1.77. The van der Waals surface area contributed by atoms with Crippen molar-refractivity contribution in [2.75, 3.05) is 0 Å². The van der Waals surface area contributed by atoms with Gasteiger partial charge < -0.3 is 4.55 Å². The zero-order valence-electron chi connectivity index (χ0n) is 8.87. The lowest BCUT2D eigenvalue weighted by molar-refractivity contribution is 0.576. The van der Waals surface area contributed by atoms with E-state index in [1.165, 1.54) is 0 Å². The van der Waals surface area contributed by atoms with Crippen LogP contribution in [0, 0.1) is 4.91 Å². The van der Waals surface area contributed by atoms with E-state index in [0.29, 0.717) is 6.42 Å². The Hall–Kier alpha value is -1.20. The first-order valence-corrected chi connectivity index (χ1v) is 6.26. The van der Waals surface area contributed by atoms with Crippen molar-refractivity contribution in [2.45, 2.75) is 24.5 Å². The standard InChI is InChI=1S/C11H12N2O2S/c1-8(16(15)13-14)6-9-7-12-11-5-3-2-4-10(9)11/h2-5,7-9H,6H2,1H3. The number of para-hydroxylation sites is 1. The lowest BCUT2D eigenvalue weighted by Crippen LogP contribution is -2.18. The molecule has 0 saturated heterocycles. The van der Waals surface area contributed by atoms with Crippen LogP contribution in [0.3, 0.4) is 0 Å². The van der Waals surface area contributed by atoms with Gasteiger partial charge in [-0.3, -0.25) is 4.99 Å². The third-order valence-electron chi connectivity index (χ3n) is 2.73. The third-order valence-corrected chi connectivity index (χ3v) is 3.76. The molecule has 3 atom stereocenters. The summed E-state index contributed by atoms with van der Waals surface area (Å²) in [5.74, 6) is 0.150. The Balaban J connectivity index is 2.09. The molecular formula is C11H12N2O2S. The molecule has 1 aliphatic heterocycles. The van der Waals surface area contributed by atoms with Crippen LogP contribution in [0.15, 0.2) is 33.8 Å². The van der Waals surface area contributed by atoms with Gasteiger partial charge in [-0.25, -0.2) is 0 Å². The monoisotopic (exact) mass is 236 g/mol. The number of nitroso groups, excluding NO2 is 1. The number of hydrogen-bond donors (Lipinski definition) is 0. The molecular weight excluding hydrogens is 224 g/mol. The van der Waals surface area contributed by atoms with Crippen LogP contribution in [0.25, 0.3) is 0 Å². The van der Waals surface area contributed by atoms with Gasteiger partial charge in [0.2, 0.25) is 0 Å². The number of nitrogens with zero attached hydrogens (tertiary/aromatic N) is 2. The van der Waals surface area contributed by atoms with Crippen LogP contribution in [-0.4, -0.2) is 16.0 Å². The summed E-state index contributed by atoms with van der Waals surface area (Å²) in [6.07, 6.45) is 2.49. The van der Waals surface area contributed by atoms with E-state index in [9.17, 15) is 9.46 Å². The fourth-order valence-corrected chi connectivity index (χ4v) is 2.39. The average Bonchev–Trinajstić information content (AvgIpc) is 2.72. The molecule has 0 fully saturated rings. The van der Waals surface area contributed by atoms with Crippen molar-refractivity contribution in [2.24, 2.45) is 9.57 Å². The first-order valence-electron chi connectivity index (χ1n) is 5.09. The predicted molar refractivity (Wildman–Crippen MR) is 65.4 cm³/mol. The quantitative estimate of drug-likeness (QED) is 0.596. The van der Waals surface area contributed by atoms with E-state index < -0.39 is 11.4 Å². The van der Waals surface area contributed by atoms with E-state index in [1.54, 1.807) is 6.92 Å². The number of aliphatic imine (C=N–C) groups is 1. The largest absolute Gasteiger partial charge is 0.588 e. The maximum Gasteiger partial charge on any atom is 0.168 e. The molecule has 0 N–H and O–H groups in total. The molecule has 0 saturated carbocycles. The molecule has 1 heterocycles. The van der Waals surface area contributed by atoms with Gasteiger partial charge in [0.25, 0.3) is 0 Å². The Bertz CT molecular complexity index is 422. The van der Waals surface area contributed by atoms with Crippen molar-refractivity contribution in [1.29, 1.82) is 0 Å². The number of hydrogen-bond acceptors (Lipinski definition) is 4. The van der Waals surface area contributed by atoms with E-state index >= 15 is 0 Å². The van der Waals surface area contributed by atoms with Crippen LogP contribution in [0.2, 0.25) is 0 Å². The number of fused-ring (bicyclic) bond motifs is 1. The molecule has 0 spiro atoms. The van der Waals surface area contributed by atoms with Crippen LogP contribution < -0.4 is 0 Å². The minimum Gasteiger partial charge on any atom is -0.588 e. The Morgan fingerprint density at radius 1 is 1.56 bits per heavy atom. The molecule has 84 valence electrons. The molecule has 1 aromatic rings. The summed E-state index contributed by atoms with van der Waals surface area (Å²) < 4.78 is 13.8. The van der Waals surface area contributed by atoms with Gasteiger partial charge in [-0.15, -0.1) is 0 Å². The highest BCUT2D eigenvalue weighted by Gasteiger charge is 2.27. The first kappa shape index (κ1) is 11.3. The van der Waals surface area contributed by atoms with E-state index in [0.717, 1.165) is 11.3 Å². The van der Waals surface area contributed by atoms with Crippen LogP contribution in [0.4, 0.5) is 5.69 Å². The van der Waals surface area contributed by atoms with Gasteiger partial charge >= 0.3 is 0 Å². The van der Waals surface area contributed by atoms with Gasteiger partial charge in [0.1, 0.15) is 16.6 Å². The Morgan fingerprint density at radius 3 is 3.06 bits per heavy atom. The van der Waals surface area contributed by atoms with Gasteiger partial charge in [-0.1, -0.05) is 23.1 Å². The first-order chi connectivity index (χ1) is 7.72. The van der Waals surface area contributed by atoms with Crippen molar-refractivity contribution in [3.8, 4) is 0 Å². The fourth-order valence-electron chi connectivity index (χ4n) is 1.87. The maximum atomic E-state index is 11.2. The molecule has 1 aromatic carbocycles. The van der Waals surface area contributed by atoms with Crippen LogP contribution >= 0.6 is 0 Å². The van der Waals surface area contributed by atoms with Crippen LogP contribution in [-0.2, 0) is 11.4 Å². The van der Waals surface area contributed by atoms with Gasteiger partial charge in [0.05, 0.1) is 5.69 Å². The van der Waals surface area contributed by atoms with Crippen molar-refractivity contribution < 1.29 is 4.55 Å².